The molecule has 0 amide bonds. The maximum Gasteiger partial charge on any atom is 0.277 e. The Morgan fingerprint density at radius 2 is 2.04 bits per heavy atom. The lowest BCUT2D eigenvalue weighted by molar-refractivity contribution is 0.415. The summed E-state index contributed by atoms with van der Waals surface area (Å²) >= 11 is 4.39. The smallest absolute Gasteiger partial charge is 0.277 e. The predicted molar refractivity (Wildman–Crippen MR) is 113 cm³/mol. The van der Waals surface area contributed by atoms with Crippen LogP contribution in [0, 0.1) is 0 Å². The minimum atomic E-state index is -0.140. The molecule has 10 heteroatoms. The van der Waals surface area contributed by atoms with Crippen LogP contribution in [-0.4, -0.2) is 33.5 Å². The minimum Gasteiger partial charge on any atom is -0.497 e. The van der Waals surface area contributed by atoms with Gasteiger partial charge in [-0.15, -0.1) is 21.5 Å². The van der Waals surface area contributed by atoms with Crippen LogP contribution < -0.4 is 10.3 Å². The third kappa shape index (κ3) is 4.08. The number of thioether (sulfide) groups is 2. The number of fused-ring (bicyclic) bond motifs is 1. The van der Waals surface area contributed by atoms with E-state index in [0.29, 0.717) is 38.7 Å². The summed E-state index contributed by atoms with van der Waals surface area (Å²) in [7, 11) is 1.63. The molecule has 0 aliphatic carbocycles. The minimum absolute atomic E-state index is 0.140. The second-order valence-electron chi connectivity index (χ2n) is 5.75. The van der Waals surface area contributed by atoms with Gasteiger partial charge in [0.1, 0.15) is 16.3 Å². The van der Waals surface area contributed by atoms with Gasteiger partial charge in [0.2, 0.25) is 5.89 Å². The lowest BCUT2D eigenvalue weighted by atomic mass is 10.2. The molecule has 3 heterocycles. The van der Waals surface area contributed by atoms with Crippen LogP contribution in [0.25, 0.3) is 20.7 Å². The molecule has 0 aliphatic rings. The molecule has 0 atom stereocenters. The summed E-state index contributed by atoms with van der Waals surface area (Å²) in [6, 6.07) is 9.67. The van der Waals surface area contributed by atoms with Gasteiger partial charge in [0.25, 0.3) is 10.8 Å². The predicted octanol–water partition coefficient (Wildman–Crippen LogP) is 4.20. The topological polar surface area (TPSA) is 93.9 Å². The SMILES string of the molecule is COc1ccc(-c2cc3nc(CSc4nnc(CSC)o4)[nH]c(=O)c3s2)cc1. The van der Waals surface area contributed by atoms with Gasteiger partial charge < -0.3 is 14.1 Å². The standard InChI is InChI=1S/C18H16N4O3S3/c1-24-11-5-3-10(4-6-11)13-7-12-16(28-13)17(23)20-14(19-12)8-27-18-22-21-15(25-18)9-26-2/h3-7H,8-9H2,1-2H3,(H,19,20,23). The molecule has 1 aromatic carbocycles. The maximum atomic E-state index is 12.5. The molecule has 1 N–H and O–H groups in total. The summed E-state index contributed by atoms with van der Waals surface area (Å²) < 4.78 is 11.3. The van der Waals surface area contributed by atoms with Crippen molar-refractivity contribution in [3.05, 3.63) is 52.4 Å². The monoisotopic (exact) mass is 432 g/mol. The number of hydrogen-bond acceptors (Lipinski definition) is 9. The van der Waals surface area contributed by atoms with Gasteiger partial charge in [0.15, 0.2) is 0 Å². The summed E-state index contributed by atoms with van der Waals surface area (Å²) in [6.07, 6.45) is 1.97. The van der Waals surface area contributed by atoms with Gasteiger partial charge in [-0.2, -0.15) is 11.8 Å². The number of H-pyrrole nitrogens is 1. The van der Waals surface area contributed by atoms with Crippen LogP contribution in [0.4, 0.5) is 0 Å². The van der Waals surface area contributed by atoms with E-state index in [1.807, 2.05) is 36.6 Å². The zero-order valence-corrected chi connectivity index (χ0v) is 17.5. The molecule has 4 rings (SSSR count). The number of thiophene rings is 1. The summed E-state index contributed by atoms with van der Waals surface area (Å²) in [4.78, 5) is 20.9. The quantitative estimate of drug-likeness (QED) is 0.434. The highest BCUT2D eigenvalue weighted by molar-refractivity contribution is 7.98. The number of methoxy groups -OCH3 is 1. The Kier molecular flexibility index (Phi) is 5.69. The molecule has 0 radical (unpaired) electrons. The van der Waals surface area contributed by atoms with Crippen LogP contribution in [0.1, 0.15) is 11.7 Å². The Balaban J connectivity index is 1.56. The molecule has 0 unspecified atom stereocenters. The normalized spacial score (nSPS) is 11.2. The molecule has 0 saturated carbocycles. The Labute approximate surface area is 172 Å². The highest BCUT2D eigenvalue weighted by atomic mass is 32.2. The lowest BCUT2D eigenvalue weighted by Gasteiger charge is -2.00. The molecule has 28 heavy (non-hydrogen) atoms. The first kappa shape index (κ1) is 19.0. The number of ether oxygens (including phenoxy) is 1. The van der Waals surface area contributed by atoms with Crippen molar-refractivity contribution in [2.24, 2.45) is 0 Å². The van der Waals surface area contributed by atoms with Crippen LogP contribution in [0.2, 0.25) is 0 Å². The van der Waals surface area contributed by atoms with Crippen LogP contribution >= 0.6 is 34.9 Å². The molecule has 0 aliphatic heterocycles. The van der Waals surface area contributed by atoms with Crippen molar-refractivity contribution < 1.29 is 9.15 Å². The van der Waals surface area contributed by atoms with E-state index in [1.54, 1.807) is 18.9 Å². The second kappa shape index (κ2) is 8.38. The van der Waals surface area contributed by atoms with Crippen molar-refractivity contribution in [1.82, 2.24) is 20.2 Å². The Hall–Kier alpha value is -2.30. The first-order chi connectivity index (χ1) is 13.7. The van der Waals surface area contributed by atoms with E-state index in [2.05, 4.69) is 20.2 Å². The second-order valence-corrected chi connectivity index (χ2v) is 8.59. The number of nitrogens with zero attached hydrogens (tertiary/aromatic N) is 3. The van der Waals surface area contributed by atoms with Gasteiger partial charge in [-0.1, -0.05) is 11.8 Å². The van der Waals surface area contributed by atoms with Crippen molar-refractivity contribution in [2.45, 2.75) is 16.7 Å². The average Bonchev–Trinajstić information content (AvgIpc) is 3.34. The fraction of sp³-hybridized carbons (Fsp3) is 0.222. The first-order valence-corrected chi connectivity index (χ1v) is 11.5. The van der Waals surface area contributed by atoms with Gasteiger partial charge in [0.05, 0.1) is 24.1 Å². The molecular formula is C18H16N4O3S3. The molecule has 0 bridgehead atoms. The van der Waals surface area contributed by atoms with Crippen LogP contribution in [0.3, 0.4) is 0 Å². The molecule has 0 saturated heterocycles. The average molecular weight is 433 g/mol. The van der Waals surface area contributed by atoms with Gasteiger partial charge in [-0.3, -0.25) is 4.79 Å². The highest BCUT2D eigenvalue weighted by Gasteiger charge is 2.12. The molecule has 7 nitrogen and oxygen atoms in total. The highest BCUT2D eigenvalue weighted by Crippen LogP contribution is 2.32. The van der Waals surface area contributed by atoms with E-state index in [9.17, 15) is 4.79 Å². The van der Waals surface area contributed by atoms with Gasteiger partial charge in [-0.05, 0) is 42.2 Å². The van der Waals surface area contributed by atoms with Crippen molar-refractivity contribution in [3.8, 4) is 16.2 Å². The number of hydrogen-bond donors (Lipinski definition) is 1. The van der Waals surface area contributed by atoms with E-state index in [-0.39, 0.29) is 5.56 Å². The number of aromatic amines is 1. The first-order valence-electron chi connectivity index (χ1n) is 8.27. The largest absolute Gasteiger partial charge is 0.497 e. The fourth-order valence-corrected chi connectivity index (χ4v) is 4.57. The van der Waals surface area contributed by atoms with Crippen LogP contribution in [0.15, 0.2) is 44.8 Å². The van der Waals surface area contributed by atoms with E-state index in [1.165, 1.54) is 23.1 Å². The third-order valence-corrected chi connectivity index (χ3v) is 6.39. The fourth-order valence-electron chi connectivity index (χ4n) is 2.56. The zero-order valence-electron chi connectivity index (χ0n) is 15.1. The molecule has 4 aromatic rings. The van der Waals surface area contributed by atoms with Crippen molar-refractivity contribution in [3.63, 3.8) is 0 Å². The Bertz CT molecular complexity index is 1150. The van der Waals surface area contributed by atoms with E-state index < -0.39 is 0 Å². The number of rotatable bonds is 7. The Morgan fingerprint density at radius 3 is 2.79 bits per heavy atom. The maximum absolute atomic E-state index is 12.5. The van der Waals surface area contributed by atoms with E-state index >= 15 is 0 Å². The summed E-state index contributed by atoms with van der Waals surface area (Å²) in [5.74, 6) is 3.08. The zero-order chi connectivity index (χ0) is 19.5. The summed E-state index contributed by atoms with van der Waals surface area (Å²) in [5.41, 5.74) is 1.56. The van der Waals surface area contributed by atoms with Crippen LogP contribution in [-0.2, 0) is 11.5 Å². The summed E-state index contributed by atoms with van der Waals surface area (Å²) in [6.45, 7) is 0. The molecule has 0 spiro atoms. The van der Waals surface area contributed by atoms with Crippen molar-refractivity contribution in [1.29, 1.82) is 0 Å². The molecule has 144 valence electrons. The van der Waals surface area contributed by atoms with Gasteiger partial charge >= 0.3 is 0 Å². The Morgan fingerprint density at radius 1 is 1.21 bits per heavy atom. The van der Waals surface area contributed by atoms with Crippen molar-refractivity contribution >= 4 is 45.1 Å². The van der Waals surface area contributed by atoms with Crippen molar-refractivity contribution in [2.75, 3.05) is 13.4 Å². The number of benzene rings is 1. The lowest BCUT2D eigenvalue weighted by Crippen LogP contribution is -2.09. The third-order valence-electron chi connectivity index (χ3n) is 3.85. The molecule has 3 aromatic heterocycles. The number of aromatic nitrogens is 4. The van der Waals surface area contributed by atoms with E-state index in [0.717, 1.165) is 16.2 Å². The number of nitrogens with one attached hydrogen (secondary N) is 1. The summed E-state index contributed by atoms with van der Waals surface area (Å²) in [5, 5.41) is 8.44. The van der Waals surface area contributed by atoms with Crippen LogP contribution in [0.5, 0.6) is 5.75 Å². The van der Waals surface area contributed by atoms with Gasteiger partial charge in [0, 0.05) is 4.88 Å². The molecule has 0 fully saturated rings. The van der Waals surface area contributed by atoms with Gasteiger partial charge in [-0.25, -0.2) is 4.98 Å². The molecular weight excluding hydrogens is 416 g/mol. The van der Waals surface area contributed by atoms with E-state index in [4.69, 9.17) is 9.15 Å².